The first-order chi connectivity index (χ1) is 12.7. The van der Waals surface area contributed by atoms with Gasteiger partial charge in [0.25, 0.3) is 12.3 Å². The molecule has 6 nitrogen and oxygen atoms in total. The Morgan fingerprint density at radius 1 is 1.19 bits per heavy atom. The van der Waals surface area contributed by atoms with Gasteiger partial charge in [-0.25, -0.2) is 13.5 Å². The van der Waals surface area contributed by atoms with Crippen LogP contribution in [0.2, 0.25) is 0 Å². The number of anilines is 1. The van der Waals surface area contributed by atoms with E-state index in [0.717, 1.165) is 17.1 Å². The van der Waals surface area contributed by atoms with Gasteiger partial charge in [0.15, 0.2) is 5.69 Å². The third-order valence-corrected chi connectivity index (χ3v) is 3.60. The summed E-state index contributed by atoms with van der Waals surface area (Å²) in [5.74, 6) is -1.14. The Morgan fingerprint density at radius 2 is 1.85 bits per heavy atom. The second-order valence-electron chi connectivity index (χ2n) is 5.51. The van der Waals surface area contributed by atoms with Crippen molar-refractivity contribution in [3.05, 3.63) is 59.7 Å². The van der Waals surface area contributed by atoms with Crippen LogP contribution in [0.25, 0.3) is 5.69 Å². The summed E-state index contributed by atoms with van der Waals surface area (Å²) >= 11 is 0. The van der Waals surface area contributed by atoms with Crippen LogP contribution in [0.3, 0.4) is 0 Å². The molecule has 1 aromatic carbocycles. The number of nitrogens with one attached hydrogen (secondary N) is 1. The molecule has 0 saturated carbocycles. The van der Waals surface area contributed by atoms with E-state index in [9.17, 15) is 26.7 Å². The SMILES string of the molecule is Cn1cc(C(=O)Nc2cnn(-c3ccccc3)c2C(F)(F)F)c(C(F)F)n1. The normalized spacial score (nSPS) is 11.8. The molecular formula is C16H12F5N5O. The highest BCUT2D eigenvalue weighted by atomic mass is 19.4. The number of rotatable bonds is 4. The Bertz CT molecular complexity index is 961. The number of aromatic nitrogens is 4. The summed E-state index contributed by atoms with van der Waals surface area (Å²) in [6, 6.07) is 7.49. The van der Waals surface area contributed by atoms with E-state index in [-0.39, 0.29) is 5.69 Å². The lowest BCUT2D eigenvalue weighted by molar-refractivity contribution is -0.142. The summed E-state index contributed by atoms with van der Waals surface area (Å²) < 4.78 is 68.2. The molecule has 0 radical (unpaired) electrons. The minimum Gasteiger partial charge on any atom is -0.319 e. The van der Waals surface area contributed by atoms with Crippen molar-refractivity contribution >= 4 is 11.6 Å². The zero-order valence-electron chi connectivity index (χ0n) is 13.7. The zero-order chi connectivity index (χ0) is 19.8. The van der Waals surface area contributed by atoms with Gasteiger partial charge in [0, 0.05) is 13.2 Å². The average Bonchev–Trinajstić information content (AvgIpc) is 3.19. The van der Waals surface area contributed by atoms with Crippen molar-refractivity contribution in [2.45, 2.75) is 12.6 Å². The van der Waals surface area contributed by atoms with Crippen LogP contribution in [-0.2, 0) is 13.2 Å². The minimum atomic E-state index is -4.85. The van der Waals surface area contributed by atoms with E-state index >= 15 is 0 Å². The molecule has 3 aromatic rings. The molecule has 1 N–H and O–H groups in total. The molecule has 1 amide bonds. The number of hydrogen-bond donors (Lipinski definition) is 1. The summed E-state index contributed by atoms with van der Waals surface area (Å²) in [6.45, 7) is 0. The first-order valence-electron chi connectivity index (χ1n) is 7.52. The van der Waals surface area contributed by atoms with Crippen molar-refractivity contribution in [2.75, 3.05) is 5.32 Å². The molecule has 3 rings (SSSR count). The second-order valence-corrected chi connectivity index (χ2v) is 5.51. The summed E-state index contributed by atoms with van der Waals surface area (Å²) in [5.41, 5.74) is -3.10. The van der Waals surface area contributed by atoms with Crippen LogP contribution in [0, 0.1) is 0 Å². The predicted molar refractivity (Wildman–Crippen MR) is 84.7 cm³/mol. The van der Waals surface area contributed by atoms with E-state index in [1.54, 1.807) is 6.07 Å². The van der Waals surface area contributed by atoms with E-state index in [0.29, 0.717) is 4.68 Å². The molecule has 0 atom stereocenters. The summed E-state index contributed by atoms with van der Waals surface area (Å²) in [6.07, 6.45) is -6.09. The Hall–Kier alpha value is -3.24. The Balaban J connectivity index is 2.01. The molecule has 0 bridgehead atoms. The maximum absolute atomic E-state index is 13.5. The van der Waals surface area contributed by atoms with Crippen LogP contribution in [-0.4, -0.2) is 25.5 Å². The quantitative estimate of drug-likeness (QED) is 0.695. The molecule has 0 aliphatic heterocycles. The van der Waals surface area contributed by atoms with Gasteiger partial charge in [-0.15, -0.1) is 0 Å². The third kappa shape index (κ3) is 3.66. The van der Waals surface area contributed by atoms with Crippen molar-refractivity contribution in [1.82, 2.24) is 19.6 Å². The predicted octanol–water partition coefficient (Wildman–Crippen LogP) is 3.81. The monoisotopic (exact) mass is 385 g/mol. The lowest BCUT2D eigenvalue weighted by Crippen LogP contribution is -2.19. The number of alkyl halides is 5. The number of benzene rings is 1. The molecule has 2 heterocycles. The van der Waals surface area contributed by atoms with Gasteiger partial charge in [-0.1, -0.05) is 18.2 Å². The van der Waals surface area contributed by atoms with Crippen LogP contribution in [0.15, 0.2) is 42.7 Å². The number of para-hydroxylation sites is 1. The number of hydrogen-bond acceptors (Lipinski definition) is 3. The molecule has 0 saturated heterocycles. The maximum Gasteiger partial charge on any atom is 0.435 e. The molecule has 0 spiro atoms. The van der Waals surface area contributed by atoms with Crippen LogP contribution in [0.5, 0.6) is 0 Å². The molecule has 0 unspecified atom stereocenters. The van der Waals surface area contributed by atoms with Gasteiger partial charge in [0.05, 0.1) is 23.1 Å². The lowest BCUT2D eigenvalue weighted by atomic mass is 10.2. The molecule has 2 aromatic heterocycles. The van der Waals surface area contributed by atoms with Crippen molar-refractivity contribution < 1.29 is 26.7 Å². The van der Waals surface area contributed by atoms with Gasteiger partial charge < -0.3 is 5.32 Å². The molecular weight excluding hydrogens is 373 g/mol. The van der Waals surface area contributed by atoms with Crippen LogP contribution < -0.4 is 5.32 Å². The highest BCUT2D eigenvalue weighted by Gasteiger charge is 2.39. The Kier molecular flexibility index (Phi) is 4.68. The summed E-state index contributed by atoms with van der Waals surface area (Å²) in [5, 5.41) is 9.14. The third-order valence-electron chi connectivity index (χ3n) is 3.60. The van der Waals surface area contributed by atoms with E-state index in [2.05, 4.69) is 10.2 Å². The van der Waals surface area contributed by atoms with Crippen molar-refractivity contribution in [1.29, 1.82) is 0 Å². The highest BCUT2D eigenvalue weighted by molar-refractivity contribution is 6.05. The number of amides is 1. The molecule has 0 aliphatic rings. The van der Waals surface area contributed by atoms with E-state index in [1.165, 1.54) is 31.3 Å². The Morgan fingerprint density at radius 3 is 2.44 bits per heavy atom. The van der Waals surface area contributed by atoms with Crippen LogP contribution >= 0.6 is 0 Å². The van der Waals surface area contributed by atoms with Crippen LogP contribution in [0.1, 0.15) is 28.2 Å². The molecule has 0 fully saturated rings. The molecule has 11 heteroatoms. The van der Waals surface area contributed by atoms with E-state index < -0.39 is 41.1 Å². The number of halogens is 5. The standard InChI is InChI=1S/C16H12F5N5O/c1-25-8-10(12(24-25)14(17)18)15(27)23-11-7-22-26(13(11)16(19,20)21)9-5-3-2-4-6-9/h2-8,14H,1H3,(H,23,27). The summed E-state index contributed by atoms with van der Waals surface area (Å²) in [7, 11) is 1.32. The van der Waals surface area contributed by atoms with E-state index in [1.807, 2.05) is 5.32 Å². The number of carbonyl (C=O) groups is 1. The average molecular weight is 385 g/mol. The minimum absolute atomic E-state index is 0.125. The van der Waals surface area contributed by atoms with Crippen molar-refractivity contribution in [3.63, 3.8) is 0 Å². The van der Waals surface area contributed by atoms with Gasteiger partial charge in [-0.3, -0.25) is 9.48 Å². The number of carbonyl (C=O) groups excluding carboxylic acids is 1. The topological polar surface area (TPSA) is 64.7 Å². The van der Waals surface area contributed by atoms with Gasteiger partial charge >= 0.3 is 6.18 Å². The zero-order valence-corrected chi connectivity index (χ0v) is 13.7. The molecule has 27 heavy (non-hydrogen) atoms. The maximum atomic E-state index is 13.5. The highest BCUT2D eigenvalue weighted by Crippen LogP contribution is 2.36. The first kappa shape index (κ1) is 18.5. The largest absolute Gasteiger partial charge is 0.435 e. The lowest BCUT2D eigenvalue weighted by Gasteiger charge is -2.13. The summed E-state index contributed by atoms with van der Waals surface area (Å²) in [4.78, 5) is 12.3. The van der Waals surface area contributed by atoms with Crippen molar-refractivity contribution in [3.8, 4) is 5.69 Å². The fraction of sp³-hybridized carbons (Fsp3) is 0.188. The smallest absolute Gasteiger partial charge is 0.319 e. The molecule has 142 valence electrons. The first-order valence-corrected chi connectivity index (χ1v) is 7.52. The second kappa shape index (κ2) is 6.82. The van der Waals surface area contributed by atoms with Gasteiger partial charge in [0.2, 0.25) is 0 Å². The fourth-order valence-corrected chi connectivity index (χ4v) is 2.51. The van der Waals surface area contributed by atoms with Gasteiger partial charge in [-0.2, -0.15) is 23.4 Å². The van der Waals surface area contributed by atoms with Gasteiger partial charge in [-0.05, 0) is 12.1 Å². The molecule has 0 aliphatic carbocycles. The number of aryl methyl sites for hydroxylation is 1. The Labute approximate surface area is 149 Å². The number of nitrogens with zero attached hydrogens (tertiary/aromatic N) is 4. The van der Waals surface area contributed by atoms with Crippen molar-refractivity contribution in [2.24, 2.45) is 7.05 Å². The van der Waals surface area contributed by atoms with E-state index in [4.69, 9.17) is 0 Å². The fourth-order valence-electron chi connectivity index (χ4n) is 2.51. The van der Waals surface area contributed by atoms with Gasteiger partial charge in [0.1, 0.15) is 5.69 Å². The van der Waals surface area contributed by atoms with Crippen LogP contribution in [0.4, 0.5) is 27.6 Å².